The van der Waals surface area contributed by atoms with Crippen molar-refractivity contribution < 1.29 is 27.8 Å². The molecule has 0 saturated carbocycles. The van der Waals surface area contributed by atoms with E-state index >= 15 is 0 Å². The maximum absolute atomic E-state index is 12.8. The fourth-order valence-electron chi connectivity index (χ4n) is 2.91. The number of aliphatic hydroxyl groups is 1. The van der Waals surface area contributed by atoms with E-state index in [0.717, 1.165) is 11.3 Å². The Balaban J connectivity index is 1.72. The third-order valence-corrected chi connectivity index (χ3v) is 4.15. The molecule has 0 radical (unpaired) electrons. The van der Waals surface area contributed by atoms with Crippen molar-refractivity contribution in [2.45, 2.75) is 31.7 Å². The van der Waals surface area contributed by atoms with Gasteiger partial charge in [0.15, 0.2) is 0 Å². The van der Waals surface area contributed by atoms with Gasteiger partial charge in [0.2, 0.25) is 0 Å². The molecule has 24 heavy (non-hydrogen) atoms. The van der Waals surface area contributed by atoms with E-state index in [9.17, 15) is 18.3 Å². The van der Waals surface area contributed by atoms with Gasteiger partial charge in [-0.1, -0.05) is 12.1 Å². The molecule has 7 heteroatoms. The monoisotopic (exact) mass is 347 g/mol. The van der Waals surface area contributed by atoms with Gasteiger partial charge >= 0.3 is 6.18 Å². The van der Waals surface area contributed by atoms with Gasteiger partial charge in [-0.15, -0.1) is 0 Å². The van der Waals surface area contributed by atoms with E-state index < -0.39 is 18.2 Å². The average molecular weight is 347 g/mol. The van der Waals surface area contributed by atoms with E-state index in [1.807, 2.05) is 24.3 Å². The third-order valence-electron chi connectivity index (χ3n) is 4.15. The predicted molar refractivity (Wildman–Crippen MR) is 83.9 cm³/mol. The van der Waals surface area contributed by atoms with E-state index in [1.165, 1.54) is 0 Å². The molecule has 1 heterocycles. The van der Waals surface area contributed by atoms with Crippen LogP contribution in [-0.4, -0.2) is 55.6 Å². The number of methoxy groups -OCH3 is 1. The van der Waals surface area contributed by atoms with Crippen LogP contribution in [0.2, 0.25) is 0 Å². The van der Waals surface area contributed by atoms with Gasteiger partial charge in [-0.05, 0) is 37.1 Å². The largest absolute Gasteiger partial charge is 0.497 e. The molecule has 0 aliphatic carbocycles. The summed E-state index contributed by atoms with van der Waals surface area (Å²) < 4.78 is 48.9. The Morgan fingerprint density at radius 1 is 1.38 bits per heavy atom. The van der Waals surface area contributed by atoms with Crippen LogP contribution >= 0.6 is 0 Å². The molecule has 2 rings (SSSR count). The molecule has 0 bridgehead atoms. The highest BCUT2D eigenvalue weighted by Gasteiger charge is 2.41. The lowest BCUT2D eigenvalue weighted by atomic mass is 9.97. The first kappa shape index (κ1) is 19.0. The number of alkyl halides is 3. The van der Waals surface area contributed by atoms with Crippen molar-refractivity contribution in [3.63, 3.8) is 0 Å². The normalized spacial score (nSPS) is 20.8. The van der Waals surface area contributed by atoms with E-state index in [2.05, 4.69) is 0 Å². The number of hydrogen-bond acceptors (Lipinski definition) is 4. The van der Waals surface area contributed by atoms with Gasteiger partial charge in [-0.2, -0.15) is 13.2 Å². The van der Waals surface area contributed by atoms with Crippen molar-refractivity contribution in [3.05, 3.63) is 29.8 Å². The van der Waals surface area contributed by atoms with Crippen LogP contribution in [0.3, 0.4) is 0 Å². The number of benzene rings is 1. The molecule has 0 aromatic heterocycles. The second-order valence-electron chi connectivity index (χ2n) is 6.16. The molecule has 1 aliphatic heterocycles. The topological polar surface area (TPSA) is 41.9 Å². The first-order chi connectivity index (χ1) is 11.4. The van der Waals surface area contributed by atoms with Crippen molar-refractivity contribution >= 4 is 0 Å². The van der Waals surface area contributed by atoms with E-state index in [-0.39, 0.29) is 26.1 Å². The molecule has 0 spiro atoms. The van der Waals surface area contributed by atoms with Crippen LogP contribution in [0.4, 0.5) is 13.2 Å². The zero-order valence-corrected chi connectivity index (χ0v) is 13.8. The molecule has 2 atom stereocenters. The lowest BCUT2D eigenvalue weighted by Crippen LogP contribution is -2.45. The molecule has 1 aromatic carbocycles. The number of aliphatic hydroxyl groups excluding tert-OH is 1. The zero-order chi connectivity index (χ0) is 17.6. The van der Waals surface area contributed by atoms with Crippen LogP contribution in [-0.2, 0) is 11.3 Å². The van der Waals surface area contributed by atoms with Gasteiger partial charge in [0.1, 0.15) is 5.75 Å². The number of nitrogens with zero attached hydrogens (tertiary/aromatic N) is 1. The predicted octanol–water partition coefficient (Wildman–Crippen LogP) is 2.85. The standard InChI is InChI=1S/C17H24F3NO3/c1-23-16-6-2-4-13(8-16)11-24-12-15(22)10-21-7-3-5-14(9-21)17(18,19)20/h2,4,6,8,14-15,22H,3,5,7,9-12H2,1H3/t14-,15-/m1/s1. The fourth-order valence-corrected chi connectivity index (χ4v) is 2.91. The molecular formula is C17H24F3NO3. The zero-order valence-electron chi connectivity index (χ0n) is 13.8. The average Bonchev–Trinajstić information content (AvgIpc) is 2.54. The third kappa shape index (κ3) is 5.96. The maximum Gasteiger partial charge on any atom is 0.393 e. The molecule has 1 saturated heterocycles. The summed E-state index contributed by atoms with van der Waals surface area (Å²) in [5.41, 5.74) is 0.914. The molecule has 0 unspecified atom stereocenters. The van der Waals surface area contributed by atoms with Gasteiger partial charge in [-0.3, -0.25) is 0 Å². The molecule has 1 aromatic rings. The summed E-state index contributed by atoms with van der Waals surface area (Å²) in [7, 11) is 1.58. The number of piperidine rings is 1. The summed E-state index contributed by atoms with van der Waals surface area (Å²) in [5, 5.41) is 10.00. The molecule has 1 aliphatic rings. The summed E-state index contributed by atoms with van der Waals surface area (Å²) in [6.07, 6.45) is -4.29. The van der Waals surface area contributed by atoms with Gasteiger partial charge in [-0.25, -0.2) is 0 Å². The van der Waals surface area contributed by atoms with Crippen LogP contribution in [0.25, 0.3) is 0 Å². The molecule has 4 nitrogen and oxygen atoms in total. The Labute approximate surface area is 140 Å². The molecule has 136 valence electrons. The summed E-state index contributed by atoms with van der Waals surface area (Å²) in [6.45, 7) is 1.14. The quantitative estimate of drug-likeness (QED) is 0.824. The van der Waals surface area contributed by atoms with Gasteiger partial charge in [0.25, 0.3) is 0 Å². The highest BCUT2D eigenvalue weighted by molar-refractivity contribution is 5.27. The minimum Gasteiger partial charge on any atom is -0.497 e. The number of likely N-dealkylation sites (tertiary alicyclic amines) is 1. The van der Waals surface area contributed by atoms with E-state index in [4.69, 9.17) is 9.47 Å². The van der Waals surface area contributed by atoms with Crippen LogP contribution in [0.15, 0.2) is 24.3 Å². The van der Waals surface area contributed by atoms with Crippen LogP contribution < -0.4 is 4.74 Å². The molecule has 0 amide bonds. The molecule has 1 N–H and O–H groups in total. The summed E-state index contributed by atoms with van der Waals surface area (Å²) in [4.78, 5) is 1.67. The molecular weight excluding hydrogens is 323 g/mol. The second kappa shape index (κ2) is 8.69. The summed E-state index contributed by atoms with van der Waals surface area (Å²) in [5.74, 6) is -0.570. The number of ether oxygens (including phenoxy) is 2. The number of halogens is 3. The van der Waals surface area contributed by atoms with Crippen LogP contribution in [0.5, 0.6) is 5.75 Å². The number of hydrogen-bond donors (Lipinski definition) is 1. The Morgan fingerprint density at radius 3 is 2.88 bits per heavy atom. The van der Waals surface area contributed by atoms with Crippen molar-refractivity contribution in [1.29, 1.82) is 0 Å². The van der Waals surface area contributed by atoms with E-state index in [0.29, 0.717) is 19.6 Å². The lowest BCUT2D eigenvalue weighted by Gasteiger charge is -2.34. The Bertz CT molecular complexity index is 510. The minimum absolute atomic E-state index is 0.0452. The first-order valence-electron chi connectivity index (χ1n) is 8.06. The van der Waals surface area contributed by atoms with Crippen molar-refractivity contribution in [2.24, 2.45) is 5.92 Å². The SMILES string of the molecule is COc1cccc(COC[C@H](O)CN2CCC[C@@H](C(F)(F)F)C2)c1. The number of β-amino-alcohol motifs (C(OH)–C–C–N with tert-alkyl or cyclic N) is 1. The van der Waals surface area contributed by atoms with Gasteiger partial charge in [0.05, 0.1) is 32.3 Å². The van der Waals surface area contributed by atoms with Crippen LogP contribution in [0, 0.1) is 5.92 Å². The minimum atomic E-state index is -4.16. The van der Waals surface area contributed by atoms with Crippen molar-refractivity contribution in [1.82, 2.24) is 4.90 Å². The highest BCUT2D eigenvalue weighted by atomic mass is 19.4. The Kier molecular flexibility index (Phi) is 6.89. The second-order valence-corrected chi connectivity index (χ2v) is 6.16. The van der Waals surface area contributed by atoms with Gasteiger partial charge in [0, 0.05) is 13.1 Å². The Morgan fingerprint density at radius 2 is 2.17 bits per heavy atom. The van der Waals surface area contributed by atoms with Crippen LogP contribution in [0.1, 0.15) is 18.4 Å². The van der Waals surface area contributed by atoms with Crippen molar-refractivity contribution in [2.75, 3.05) is 33.4 Å². The highest BCUT2D eigenvalue weighted by Crippen LogP contribution is 2.33. The summed E-state index contributed by atoms with van der Waals surface area (Å²) in [6, 6.07) is 7.39. The smallest absolute Gasteiger partial charge is 0.393 e. The number of rotatable bonds is 7. The first-order valence-corrected chi connectivity index (χ1v) is 8.06. The maximum atomic E-state index is 12.8. The lowest BCUT2D eigenvalue weighted by molar-refractivity contribution is -0.187. The van der Waals surface area contributed by atoms with Gasteiger partial charge < -0.3 is 19.5 Å². The fraction of sp³-hybridized carbons (Fsp3) is 0.647. The Hall–Kier alpha value is -1.31. The molecule has 1 fully saturated rings. The summed E-state index contributed by atoms with van der Waals surface area (Å²) >= 11 is 0. The van der Waals surface area contributed by atoms with Crippen molar-refractivity contribution in [3.8, 4) is 5.75 Å². The van der Waals surface area contributed by atoms with E-state index in [1.54, 1.807) is 12.0 Å².